The maximum absolute atomic E-state index is 11.7. The van der Waals surface area contributed by atoms with Crippen molar-refractivity contribution in [1.29, 1.82) is 0 Å². The van der Waals surface area contributed by atoms with Crippen molar-refractivity contribution >= 4 is 5.91 Å². The van der Waals surface area contributed by atoms with Crippen molar-refractivity contribution < 1.29 is 9.53 Å². The van der Waals surface area contributed by atoms with Crippen LogP contribution in [0.1, 0.15) is 32.1 Å². The number of nitrogens with zero attached hydrogens (tertiary/aromatic N) is 1. The maximum Gasteiger partial charge on any atom is 0.249 e. The fraction of sp³-hybridized carbons (Fsp3) is 0.900. The molecule has 74 valence electrons. The van der Waals surface area contributed by atoms with E-state index in [1.54, 1.807) is 7.11 Å². The molecule has 0 spiro atoms. The average Bonchev–Trinajstić information content (AvgIpc) is 2.37. The van der Waals surface area contributed by atoms with Crippen LogP contribution in [-0.2, 0) is 9.53 Å². The molecule has 1 amide bonds. The van der Waals surface area contributed by atoms with Crippen molar-refractivity contribution in [3.8, 4) is 0 Å². The summed E-state index contributed by atoms with van der Waals surface area (Å²) in [6.07, 6.45) is 6.12. The first-order valence-corrected chi connectivity index (χ1v) is 5.13. The molecule has 0 aromatic heterocycles. The number of hydrogen-bond donors (Lipinski definition) is 0. The molecule has 0 N–H and O–H groups in total. The number of methoxy groups -OCH3 is 1. The number of piperidine rings is 1. The Kier molecular flexibility index (Phi) is 2.54. The first-order chi connectivity index (χ1) is 6.33. The summed E-state index contributed by atoms with van der Waals surface area (Å²) in [6, 6.07) is 1.06. The van der Waals surface area contributed by atoms with Gasteiger partial charge in [-0.1, -0.05) is 0 Å². The molecule has 0 aliphatic carbocycles. The molecule has 2 heterocycles. The van der Waals surface area contributed by atoms with Gasteiger partial charge in [-0.2, -0.15) is 0 Å². The molecule has 0 aromatic carbocycles. The first-order valence-electron chi connectivity index (χ1n) is 5.13. The van der Waals surface area contributed by atoms with Gasteiger partial charge in [0.25, 0.3) is 0 Å². The van der Waals surface area contributed by atoms with E-state index in [0.29, 0.717) is 12.1 Å². The van der Waals surface area contributed by atoms with Crippen LogP contribution in [0.15, 0.2) is 0 Å². The number of fused-ring (bicyclic) bond motifs is 2. The predicted octanol–water partition coefficient (Wildman–Crippen LogP) is 1.18. The summed E-state index contributed by atoms with van der Waals surface area (Å²) in [7, 11) is 1.59. The number of hydrogen-bond acceptors (Lipinski definition) is 2. The van der Waals surface area contributed by atoms with Crippen molar-refractivity contribution in [3.05, 3.63) is 0 Å². The number of ether oxygens (including phenoxy) is 1. The summed E-state index contributed by atoms with van der Waals surface area (Å²) in [5.41, 5.74) is 0. The van der Waals surface area contributed by atoms with E-state index in [0.717, 1.165) is 0 Å². The van der Waals surface area contributed by atoms with Crippen LogP contribution in [0.25, 0.3) is 0 Å². The molecular weight excluding hydrogens is 166 g/mol. The Morgan fingerprint density at radius 3 is 2.46 bits per heavy atom. The topological polar surface area (TPSA) is 29.5 Å². The molecule has 2 rings (SSSR count). The number of carbonyl (C=O) groups excluding carboxylic acids is 1. The lowest BCUT2D eigenvalue weighted by Gasteiger charge is -2.34. The standard InChI is InChI=1S/C10H17NO2/c1-13-7-10(12)11-8-3-2-4-9(11)6-5-8/h8-9H,2-7H2,1H3. The van der Waals surface area contributed by atoms with E-state index in [1.807, 2.05) is 0 Å². The van der Waals surface area contributed by atoms with E-state index < -0.39 is 0 Å². The normalized spacial score (nSPS) is 32.2. The highest BCUT2D eigenvalue weighted by molar-refractivity contribution is 5.78. The van der Waals surface area contributed by atoms with Gasteiger partial charge < -0.3 is 9.64 Å². The molecule has 2 aliphatic heterocycles. The van der Waals surface area contributed by atoms with Crippen molar-refractivity contribution in [2.45, 2.75) is 44.2 Å². The molecule has 2 fully saturated rings. The molecule has 2 unspecified atom stereocenters. The van der Waals surface area contributed by atoms with E-state index in [4.69, 9.17) is 4.74 Å². The first kappa shape index (κ1) is 9.00. The lowest BCUT2D eigenvalue weighted by atomic mass is 10.0. The second-order valence-corrected chi connectivity index (χ2v) is 4.05. The summed E-state index contributed by atoms with van der Waals surface area (Å²) in [6.45, 7) is 0.257. The molecular formula is C10H17NO2. The highest BCUT2D eigenvalue weighted by Gasteiger charge is 2.38. The van der Waals surface area contributed by atoms with Gasteiger partial charge in [0.2, 0.25) is 5.91 Å². The molecule has 0 saturated carbocycles. The predicted molar refractivity (Wildman–Crippen MR) is 49.4 cm³/mol. The van der Waals surface area contributed by atoms with Crippen molar-refractivity contribution in [2.24, 2.45) is 0 Å². The Balaban J connectivity index is 2.02. The van der Waals surface area contributed by atoms with Crippen LogP contribution in [0.4, 0.5) is 0 Å². The van der Waals surface area contributed by atoms with Crippen LogP contribution in [-0.4, -0.2) is 36.6 Å². The molecule has 2 saturated heterocycles. The Morgan fingerprint density at radius 1 is 1.31 bits per heavy atom. The van der Waals surface area contributed by atoms with E-state index in [1.165, 1.54) is 32.1 Å². The quantitative estimate of drug-likeness (QED) is 0.643. The van der Waals surface area contributed by atoms with Crippen LogP contribution in [0, 0.1) is 0 Å². The van der Waals surface area contributed by atoms with Gasteiger partial charge in [0.15, 0.2) is 0 Å². The Labute approximate surface area is 79.0 Å². The third-order valence-electron chi connectivity index (χ3n) is 3.25. The van der Waals surface area contributed by atoms with Gasteiger partial charge >= 0.3 is 0 Å². The summed E-state index contributed by atoms with van der Waals surface area (Å²) >= 11 is 0. The zero-order chi connectivity index (χ0) is 9.26. The second kappa shape index (κ2) is 3.66. The van der Waals surface area contributed by atoms with Gasteiger partial charge in [-0.3, -0.25) is 4.79 Å². The molecule has 0 radical (unpaired) electrons. The van der Waals surface area contributed by atoms with Crippen LogP contribution in [0.2, 0.25) is 0 Å². The van der Waals surface area contributed by atoms with E-state index in [-0.39, 0.29) is 12.5 Å². The minimum Gasteiger partial charge on any atom is -0.375 e. The molecule has 0 aromatic rings. The molecule has 13 heavy (non-hydrogen) atoms. The third kappa shape index (κ3) is 1.57. The summed E-state index contributed by atoms with van der Waals surface area (Å²) < 4.78 is 4.89. The lowest BCUT2D eigenvalue weighted by molar-refractivity contribution is -0.139. The highest BCUT2D eigenvalue weighted by Crippen LogP contribution is 2.35. The Morgan fingerprint density at radius 2 is 1.92 bits per heavy atom. The van der Waals surface area contributed by atoms with E-state index in [2.05, 4.69) is 4.90 Å². The fourth-order valence-corrected chi connectivity index (χ4v) is 2.72. The lowest BCUT2D eigenvalue weighted by Crippen LogP contribution is -2.45. The van der Waals surface area contributed by atoms with Crippen LogP contribution < -0.4 is 0 Å². The smallest absolute Gasteiger partial charge is 0.249 e. The number of rotatable bonds is 2. The minimum atomic E-state index is 0.190. The average molecular weight is 183 g/mol. The summed E-state index contributed by atoms with van der Waals surface area (Å²) in [5, 5.41) is 0. The Hall–Kier alpha value is -0.570. The van der Waals surface area contributed by atoms with Gasteiger partial charge in [0.1, 0.15) is 6.61 Å². The SMILES string of the molecule is COCC(=O)N1C2CCCC1CC2. The fourth-order valence-electron chi connectivity index (χ4n) is 2.72. The zero-order valence-corrected chi connectivity index (χ0v) is 8.16. The van der Waals surface area contributed by atoms with Gasteiger partial charge in [0.05, 0.1) is 0 Å². The zero-order valence-electron chi connectivity index (χ0n) is 8.16. The van der Waals surface area contributed by atoms with Gasteiger partial charge in [-0.05, 0) is 32.1 Å². The largest absolute Gasteiger partial charge is 0.375 e. The Bertz CT molecular complexity index is 189. The summed E-state index contributed by atoms with van der Waals surface area (Å²) in [4.78, 5) is 13.7. The van der Waals surface area contributed by atoms with Crippen LogP contribution in [0.5, 0.6) is 0 Å². The molecule has 2 atom stereocenters. The van der Waals surface area contributed by atoms with Crippen molar-refractivity contribution in [3.63, 3.8) is 0 Å². The van der Waals surface area contributed by atoms with Crippen LogP contribution in [0.3, 0.4) is 0 Å². The summed E-state index contributed by atoms with van der Waals surface area (Å²) in [5.74, 6) is 0.190. The monoisotopic (exact) mass is 183 g/mol. The minimum absolute atomic E-state index is 0.190. The van der Waals surface area contributed by atoms with Gasteiger partial charge in [0, 0.05) is 19.2 Å². The van der Waals surface area contributed by atoms with Gasteiger partial charge in [-0.25, -0.2) is 0 Å². The van der Waals surface area contributed by atoms with E-state index >= 15 is 0 Å². The number of amides is 1. The maximum atomic E-state index is 11.7. The third-order valence-corrected chi connectivity index (χ3v) is 3.25. The second-order valence-electron chi connectivity index (χ2n) is 4.05. The molecule has 3 nitrogen and oxygen atoms in total. The van der Waals surface area contributed by atoms with Crippen LogP contribution >= 0.6 is 0 Å². The molecule has 2 bridgehead atoms. The molecule has 2 aliphatic rings. The van der Waals surface area contributed by atoms with E-state index in [9.17, 15) is 4.79 Å². The van der Waals surface area contributed by atoms with Gasteiger partial charge in [-0.15, -0.1) is 0 Å². The van der Waals surface area contributed by atoms with Crippen molar-refractivity contribution in [2.75, 3.05) is 13.7 Å². The number of carbonyl (C=O) groups is 1. The van der Waals surface area contributed by atoms with Crippen molar-refractivity contribution in [1.82, 2.24) is 4.90 Å². The highest BCUT2D eigenvalue weighted by atomic mass is 16.5. The molecule has 3 heteroatoms.